The van der Waals surface area contributed by atoms with Gasteiger partial charge in [-0.25, -0.2) is 0 Å². The van der Waals surface area contributed by atoms with Crippen LogP contribution in [0, 0.1) is 5.92 Å². The van der Waals surface area contributed by atoms with Gasteiger partial charge in [0.1, 0.15) is 0 Å². The number of carbonyl (C=O) groups is 1. The maximum absolute atomic E-state index is 11.3. The summed E-state index contributed by atoms with van der Waals surface area (Å²) in [7, 11) is 4.09. The number of ether oxygens (including phenoxy) is 1. The minimum Gasteiger partial charge on any atom is -0.466 e. The standard InChI is InChI=1S/C23H40N4O2S.HI/c1-4-29-21(28)14-8-6-5-7-9-15-25-23(24-2)26-18-19-12-10-16-27(3)22(19)20-13-11-17-30-20;/h11,13,17,19,22H,4-10,12,14-16,18H2,1-3H3,(H2,24,25,26);1H. The van der Waals surface area contributed by atoms with E-state index in [9.17, 15) is 4.79 Å². The number of carbonyl (C=O) groups excluding carboxylic acids is 1. The fraction of sp³-hybridized carbons (Fsp3) is 0.739. The van der Waals surface area contributed by atoms with Crippen molar-refractivity contribution in [2.45, 2.75) is 64.3 Å². The lowest BCUT2D eigenvalue weighted by Crippen LogP contribution is -2.45. The second kappa shape index (κ2) is 16.7. The smallest absolute Gasteiger partial charge is 0.305 e. The van der Waals surface area contributed by atoms with Gasteiger partial charge >= 0.3 is 5.97 Å². The normalized spacial score (nSPS) is 19.5. The van der Waals surface area contributed by atoms with Gasteiger partial charge < -0.3 is 15.4 Å². The molecule has 6 nitrogen and oxygen atoms in total. The van der Waals surface area contributed by atoms with Gasteiger partial charge in [-0.3, -0.25) is 14.7 Å². The van der Waals surface area contributed by atoms with Crippen LogP contribution in [0.1, 0.15) is 69.2 Å². The van der Waals surface area contributed by atoms with Gasteiger partial charge in [-0.15, -0.1) is 35.3 Å². The predicted molar refractivity (Wildman–Crippen MR) is 142 cm³/mol. The number of guanidine groups is 1. The number of hydrogen-bond acceptors (Lipinski definition) is 5. The first-order valence-electron chi connectivity index (χ1n) is 11.5. The summed E-state index contributed by atoms with van der Waals surface area (Å²) in [5, 5.41) is 9.18. The van der Waals surface area contributed by atoms with Gasteiger partial charge in [0.25, 0.3) is 0 Å². The number of thiophene rings is 1. The van der Waals surface area contributed by atoms with Crippen molar-refractivity contribution in [2.75, 3.05) is 40.3 Å². The van der Waals surface area contributed by atoms with E-state index in [1.807, 2.05) is 25.3 Å². The highest BCUT2D eigenvalue weighted by molar-refractivity contribution is 14.0. The summed E-state index contributed by atoms with van der Waals surface area (Å²) in [6, 6.07) is 4.92. The summed E-state index contributed by atoms with van der Waals surface area (Å²) >= 11 is 1.86. The molecule has 1 aromatic heterocycles. The first kappa shape index (κ1) is 28.2. The molecular weight excluding hydrogens is 523 g/mol. The molecule has 0 aliphatic carbocycles. The van der Waals surface area contributed by atoms with Crippen LogP contribution < -0.4 is 10.6 Å². The highest BCUT2D eigenvalue weighted by Gasteiger charge is 2.31. The van der Waals surface area contributed by atoms with E-state index in [2.05, 4.69) is 45.1 Å². The van der Waals surface area contributed by atoms with Crippen LogP contribution in [-0.4, -0.2) is 57.2 Å². The average Bonchev–Trinajstić information content (AvgIpc) is 3.26. The molecule has 1 aliphatic rings. The Morgan fingerprint density at radius 1 is 1.26 bits per heavy atom. The average molecular weight is 565 g/mol. The second-order valence-corrected chi connectivity index (χ2v) is 9.03. The van der Waals surface area contributed by atoms with Crippen molar-refractivity contribution in [1.29, 1.82) is 0 Å². The van der Waals surface area contributed by atoms with Crippen molar-refractivity contribution in [2.24, 2.45) is 10.9 Å². The molecule has 31 heavy (non-hydrogen) atoms. The topological polar surface area (TPSA) is 66.0 Å². The Balaban J connectivity index is 0.00000480. The number of nitrogens with zero attached hydrogens (tertiary/aromatic N) is 2. The van der Waals surface area contributed by atoms with E-state index in [-0.39, 0.29) is 29.9 Å². The predicted octanol–water partition coefficient (Wildman–Crippen LogP) is 4.82. The van der Waals surface area contributed by atoms with Gasteiger partial charge in [-0.1, -0.05) is 25.3 Å². The van der Waals surface area contributed by atoms with Gasteiger partial charge in [0.05, 0.1) is 6.61 Å². The summed E-state index contributed by atoms with van der Waals surface area (Å²) in [6.07, 6.45) is 8.51. The minimum atomic E-state index is -0.0699. The lowest BCUT2D eigenvalue weighted by atomic mass is 9.88. The summed E-state index contributed by atoms with van der Waals surface area (Å²) < 4.78 is 4.95. The number of hydrogen-bond donors (Lipinski definition) is 2. The van der Waals surface area contributed by atoms with Crippen molar-refractivity contribution >= 4 is 47.2 Å². The highest BCUT2D eigenvalue weighted by atomic mass is 127. The lowest BCUT2D eigenvalue weighted by Gasteiger charge is -2.39. The molecule has 1 aliphatic heterocycles. The van der Waals surface area contributed by atoms with Crippen molar-refractivity contribution in [3.8, 4) is 0 Å². The van der Waals surface area contributed by atoms with Crippen LogP contribution in [0.3, 0.4) is 0 Å². The summed E-state index contributed by atoms with van der Waals surface area (Å²) in [4.78, 5) is 19.7. The molecule has 0 bridgehead atoms. The van der Waals surface area contributed by atoms with Crippen LogP contribution in [0.5, 0.6) is 0 Å². The molecule has 1 aromatic rings. The van der Waals surface area contributed by atoms with Crippen LogP contribution in [0.25, 0.3) is 0 Å². The molecule has 2 rings (SSSR count). The van der Waals surface area contributed by atoms with Crippen LogP contribution in [-0.2, 0) is 9.53 Å². The monoisotopic (exact) mass is 564 g/mol. The van der Waals surface area contributed by atoms with Crippen molar-refractivity contribution in [1.82, 2.24) is 15.5 Å². The molecule has 2 unspecified atom stereocenters. The maximum Gasteiger partial charge on any atom is 0.305 e. The van der Waals surface area contributed by atoms with Gasteiger partial charge in [-0.2, -0.15) is 0 Å². The van der Waals surface area contributed by atoms with E-state index in [1.165, 1.54) is 30.7 Å². The minimum absolute atomic E-state index is 0. The van der Waals surface area contributed by atoms with Gasteiger partial charge in [0.15, 0.2) is 5.96 Å². The number of halogens is 1. The zero-order valence-electron chi connectivity index (χ0n) is 19.4. The molecule has 0 amide bonds. The molecule has 8 heteroatoms. The number of piperidine rings is 1. The SMILES string of the molecule is CCOC(=O)CCCCCCCNC(=NC)NCC1CCCN(C)C1c1cccs1.I. The van der Waals surface area contributed by atoms with E-state index in [1.54, 1.807) is 0 Å². The third-order valence-corrected chi connectivity index (χ3v) is 6.70. The zero-order valence-corrected chi connectivity index (χ0v) is 22.5. The number of aliphatic imine (C=N–C) groups is 1. The van der Waals surface area contributed by atoms with Crippen molar-refractivity contribution in [3.05, 3.63) is 22.4 Å². The molecule has 2 atom stereocenters. The van der Waals surface area contributed by atoms with Crippen molar-refractivity contribution < 1.29 is 9.53 Å². The van der Waals surface area contributed by atoms with E-state index in [0.717, 1.165) is 44.7 Å². The molecule has 1 fully saturated rings. The number of nitrogens with one attached hydrogen (secondary N) is 2. The van der Waals surface area contributed by atoms with Gasteiger partial charge in [0, 0.05) is 37.5 Å². The largest absolute Gasteiger partial charge is 0.466 e. The van der Waals surface area contributed by atoms with Crippen LogP contribution in [0.4, 0.5) is 0 Å². The molecule has 0 saturated carbocycles. The van der Waals surface area contributed by atoms with Gasteiger partial charge in [-0.05, 0) is 63.6 Å². The van der Waals surface area contributed by atoms with Gasteiger partial charge in [0.2, 0.25) is 0 Å². The Kier molecular flexibility index (Phi) is 15.2. The molecule has 2 heterocycles. The third kappa shape index (κ3) is 10.5. The number of esters is 1. The Labute approximate surface area is 209 Å². The third-order valence-electron chi connectivity index (χ3n) is 5.75. The Hall–Kier alpha value is -0.870. The number of rotatable bonds is 12. The fourth-order valence-electron chi connectivity index (χ4n) is 4.20. The molecule has 0 aromatic carbocycles. The molecule has 0 spiro atoms. The van der Waals surface area contributed by atoms with Crippen LogP contribution >= 0.6 is 35.3 Å². The maximum atomic E-state index is 11.3. The first-order valence-corrected chi connectivity index (χ1v) is 12.4. The highest BCUT2D eigenvalue weighted by Crippen LogP contribution is 2.36. The van der Waals surface area contributed by atoms with E-state index in [4.69, 9.17) is 4.74 Å². The number of unbranched alkanes of at least 4 members (excludes halogenated alkanes) is 4. The first-order chi connectivity index (χ1) is 14.7. The summed E-state index contributed by atoms with van der Waals surface area (Å²) in [5.74, 6) is 1.43. The second-order valence-electron chi connectivity index (χ2n) is 8.05. The number of likely N-dealkylation sites (tertiary alicyclic amines) is 1. The van der Waals surface area contributed by atoms with E-state index >= 15 is 0 Å². The lowest BCUT2D eigenvalue weighted by molar-refractivity contribution is -0.143. The Morgan fingerprint density at radius 3 is 2.74 bits per heavy atom. The Bertz CT molecular complexity index is 627. The van der Waals surface area contributed by atoms with Crippen LogP contribution in [0.2, 0.25) is 0 Å². The molecule has 178 valence electrons. The zero-order chi connectivity index (χ0) is 21.6. The molecule has 1 saturated heterocycles. The van der Waals surface area contributed by atoms with Crippen molar-refractivity contribution in [3.63, 3.8) is 0 Å². The molecule has 2 N–H and O–H groups in total. The molecular formula is C23H41IN4O2S. The van der Waals surface area contributed by atoms with Crippen LogP contribution in [0.15, 0.2) is 22.5 Å². The Morgan fingerprint density at radius 2 is 2.03 bits per heavy atom. The quantitative estimate of drug-likeness (QED) is 0.125. The summed E-state index contributed by atoms with van der Waals surface area (Å²) in [6.45, 7) is 5.37. The van der Waals surface area contributed by atoms with E-state index in [0.29, 0.717) is 25.0 Å². The molecule has 0 radical (unpaired) electrons. The summed E-state index contributed by atoms with van der Waals surface area (Å²) in [5.41, 5.74) is 0. The van der Waals surface area contributed by atoms with E-state index < -0.39 is 0 Å². The fourth-order valence-corrected chi connectivity index (χ4v) is 5.18.